The van der Waals surface area contributed by atoms with E-state index in [1.54, 1.807) is 19.9 Å². The van der Waals surface area contributed by atoms with Crippen LogP contribution in [0.4, 0.5) is 18.9 Å². The monoisotopic (exact) mass is 369 g/mol. The molecule has 1 rings (SSSR count). The van der Waals surface area contributed by atoms with E-state index in [9.17, 15) is 18.0 Å². The summed E-state index contributed by atoms with van der Waals surface area (Å²) in [5, 5.41) is 2.76. The van der Waals surface area contributed by atoms with Crippen molar-refractivity contribution < 1.29 is 27.4 Å². The number of hydrogen-bond donors (Lipinski definition) is 1. The van der Waals surface area contributed by atoms with Gasteiger partial charge >= 0.3 is 12.3 Å². The van der Waals surface area contributed by atoms with E-state index in [0.29, 0.717) is 4.47 Å². The summed E-state index contributed by atoms with van der Waals surface area (Å²) in [6, 6.07) is 4.20. The van der Waals surface area contributed by atoms with Gasteiger partial charge in [0.2, 0.25) is 0 Å². The smallest absolute Gasteiger partial charge is 0.466 e. The molecule has 0 spiro atoms. The van der Waals surface area contributed by atoms with Gasteiger partial charge in [0.05, 0.1) is 18.2 Å². The van der Waals surface area contributed by atoms with E-state index >= 15 is 0 Å². The Morgan fingerprint density at radius 3 is 2.67 bits per heavy atom. The standard InChI is InChI=1S/C13H15BrF3NO3/c1-3-20-12(19)8(2)7-18-10-5-4-9(14)6-11(10)21-13(15,16)17/h4-6,8,18H,3,7H2,1-2H3. The van der Waals surface area contributed by atoms with Crippen molar-refractivity contribution in [1.82, 2.24) is 0 Å². The van der Waals surface area contributed by atoms with Crippen molar-refractivity contribution in [3.05, 3.63) is 22.7 Å². The van der Waals surface area contributed by atoms with Crippen LogP contribution in [0.5, 0.6) is 5.75 Å². The largest absolute Gasteiger partial charge is 0.573 e. The minimum absolute atomic E-state index is 0.134. The predicted molar refractivity (Wildman–Crippen MR) is 75.1 cm³/mol. The molecule has 0 amide bonds. The molecule has 4 nitrogen and oxygen atoms in total. The summed E-state index contributed by atoms with van der Waals surface area (Å²) in [6.45, 7) is 3.69. The summed E-state index contributed by atoms with van der Waals surface area (Å²) in [5.41, 5.74) is 0.145. The molecule has 0 heterocycles. The Morgan fingerprint density at radius 1 is 1.43 bits per heavy atom. The van der Waals surface area contributed by atoms with E-state index < -0.39 is 18.2 Å². The van der Waals surface area contributed by atoms with E-state index in [1.165, 1.54) is 12.1 Å². The fourth-order valence-corrected chi connectivity index (χ4v) is 1.82. The Bertz CT molecular complexity index is 494. The molecule has 8 heteroatoms. The minimum Gasteiger partial charge on any atom is -0.466 e. The average molecular weight is 370 g/mol. The van der Waals surface area contributed by atoms with Crippen molar-refractivity contribution in [2.24, 2.45) is 5.92 Å². The molecule has 1 unspecified atom stereocenters. The van der Waals surface area contributed by atoms with Gasteiger partial charge in [-0.15, -0.1) is 13.2 Å². The van der Waals surface area contributed by atoms with E-state index in [2.05, 4.69) is 26.0 Å². The number of rotatable bonds is 6. The molecule has 0 saturated heterocycles. The number of halogens is 4. The first-order chi connectivity index (χ1) is 9.73. The molecule has 0 saturated carbocycles. The highest BCUT2D eigenvalue weighted by Gasteiger charge is 2.32. The maximum Gasteiger partial charge on any atom is 0.573 e. The summed E-state index contributed by atoms with van der Waals surface area (Å²) in [5.74, 6) is -1.28. The number of benzene rings is 1. The third-order valence-electron chi connectivity index (χ3n) is 2.46. The summed E-state index contributed by atoms with van der Waals surface area (Å²) in [4.78, 5) is 11.5. The molecule has 0 aliphatic rings. The molecule has 118 valence electrons. The molecule has 21 heavy (non-hydrogen) atoms. The van der Waals surface area contributed by atoms with Gasteiger partial charge in [-0.3, -0.25) is 4.79 Å². The first kappa shape index (κ1) is 17.6. The number of nitrogens with one attached hydrogen (secondary N) is 1. The van der Waals surface area contributed by atoms with Crippen molar-refractivity contribution in [2.45, 2.75) is 20.2 Å². The van der Waals surface area contributed by atoms with Gasteiger partial charge in [-0.25, -0.2) is 0 Å². The lowest BCUT2D eigenvalue weighted by atomic mass is 10.2. The first-order valence-corrected chi connectivity index (χ1v) is 6.98. The summed E-state index contributed by atoms with van der Waals surface area (Å²) in [7, 11) is 0. The van der Waals surface area contributed by atoms with Crippen LogP contribution >= 0.6 is 15.9 Å². The molecular weight excluding hydrogens is 355 g/mol. The quantitative estimate of drug-likeness (QED) is 0.771. The Labute approximate surface area is 128 Å². The Morgan fingerprint density at radius 2 is 2.10 bits per heavy atom. The Balaban J connectivity index is 2.76. The summed E-state index contributed by atoms with van der Waals surface area (Å²) < 4.78 is 46.2. The van der Waals surface area contributed by atoms with Crippen molar-refractivity contribution in [2.75, 3.05) is 18.5 Å². The fraction of sp³-hybridized carbons (Fsp3) is 0.462. The zero-order valence-electron chi connectivity index (χ0n) is 11.5. The molecule has 0 bridgehead atoms. The highest BCUT2D eigenvalue weighted by Crippen LogP contribution is 2.33. The molecule has 0 radical (unpaired) electrons. The van der Waals surface area contributed by atoms with E-state index in [1.807, 2.05) is 0 Å². The minimum atomic E-state index is -4.79. The summed E-state index contributed by atoms with van der Waals surface area (Å²) >= 11 is 3.08. The van der Waals surface area contributed by atoms with Gasteiger partial charge in [0, 0.05) is 11.0 Å². The van der Waals surface area contributed by atoms with Crippen LogP contribution in [-0.2, 0) is 9.53 Å². The van der Waals surface area contributed by atoms with Gasteiger partial charge < -0.3 is 14.8 Å². The molecule has 0 aliphatic heterocycles. The maximum atomic E-state index is 12.3. The molecule has 1 N–H and O–H groups in total. The fourth-order valence-electron chi connectivity index (χ4n) is 1.48. The summed E-state index contributed by atoms with van der Waals surface area (Å²) in [6.07, 6.45) is -4.79. The predicted octanol–water partition coefficient (Wildman–Crippen LogP) is 3.96. The van der Waals surface area contributed by atoms with E-state index in [-0.39, 0.29) is 24.6 Å². The molecule has 1 atom stereocenters. The van der Waals surface area contributed by atoms with Gasteiger partial charge in [0.15, 0.2) is 5.75 Å². The molecule has 1 aromatic carbocycles. The van der Waals surface area contributed by atoms with Gasteiger partial charge in [0.1, 0.15) is 0 Å². The second kappa shape index (κ2) is 7.53. The van der Waals surface area contributed by atoms with E-state index in [4.69, 9.17) is 4.74 Å². The van der Waals surface area contributed by atoms with Crippen LogP contribution in [0.15, 0.2) is 22.7 Å². The number of ether oxygens (including phenoxy) is 2. The third kappa shape index (κ3) is 6.24. The van der Waals surface area contributed by atoms with Crippen molar-refractivity contribution in [3.8, 4) is 5.75 Å². The number of alkyl halides is 3. The van der Waals surface area contributed by atoms with Gasteiger partial charge in [-0.2, -0.15) is 0 Å². The normalized spacial score (nSPS) is 12.7. The topological polar surface area (TPSA) is 47.6 Å². The van der Waals surface area contributed by atoms with Crippen molar-refractivity contribution in [1.29, 1.82) is 0 Å². The molecule has 1 aromatic rings. The number of carbonyl (C=O) groups excluding carboxylic acids is 1. The van der Waals surface area contributed by atoms with Crippen LogP contribution in [0, 0.1) is 5.92 Å². The highest BCUT2D eigenvalue weighted by atomic mass is 79.9. The second-order valence-corrected chi connectivity index (χ2v) is 5.14. The third-order valence-corrected chi connectivity index (χ3v) is 2.95. The van der Waals surface area contributed by atoms with Crippen molar-refractivity contribution in [3.63, 3.8) is 0 Å². The number of anilines is 1. The lowest BCUT2D eigenvalue weighted by molar-refractivity contribution is -0.274. The lowest BCUT2D eigenvalue weighted by Crippen LogP contribution is -2.23. The zero-order chi connectivity index (χ0) is 16.0. The van der Waals surface area contributed by atoms with Gasteiger partial charge in [-0.05, 0) is 25.1 Å². The van der Waals surface area contributed by atoms with Crippen LogP contribution in [0.2, 0.25) is 0 Å². The molecule has 0 fully saturated rings. The molecular formula is C13H15BrF3NO3. The second-order valence-electron chi connectivity index (χ2n) is 4.22. The average Bonchev–Trinajstić information content (AvgIpc) is 2.35. The number of hydrogen-bond acceptors (Lipinski definition) is 4. The van der Waals surface area contributed by atoms with Crippen LogP contribution in [-0.4, -0.2) is 25.5 Å². The molecule has 0 aliphatic carbocycles. The zero-order valence-corrected chi connectivity index (χ0v) is 13.0. The van der Waals surface area contributed by atoms with Crippen LogP contribution in [0.25, 0.3) is 0 Å². The van der Waals surface area contributed by atoms with Crippen molar-refractivity contribution >= 4 is 27.6 Å². The highest BCUT2D eigenvalue weighted by molar-refractivity contribution is 9.10. The molecule has 0 aromatic heterocycles. The van der Waals surface area contributed by atoms with Crippen LogP contribution in [0.1, 0.15) is 13.8 Å². The first-order valence-electron chi connectivity index (χ1n) is 6.18. The number of carbonyl (C=O) groups is 1. The van der Waals surface area contributed by atoms with Gasteiger partial charge in [0.25, 0.3) is 0 Å². The SMILES string of the molecule is CCOC(=O)C(C)CNc1ccc(Br)cc1OC(F)(F)F. The lowest BCUT2D eigenvalue weighted by Gasteiger charge is -2.17. The van der Waals surface area contributed by atoms with Crippen LogP contribution < -0.4 is 10.1 Å². The van der Waals surface area contributed by atoms with Gasteiger partial charge in [-0.1, -0.05) is 22.9 Å². The van der Waals surface area contributed by atoms with E-state index in [0.717, 1.165) is 0 Å². The Hall–Kier alpha value is -1.44. The number of esters is 1. The van der Waals surface area contributed by atoms with Crippen LogP contribution in [0.3, 0.4) is 0 Å². The Kier molecular flexibility index (Phi) is 6.32. The maximum absolute atomic E-state index is 12.3.